The molecular formula is C30H19I. The molecule has 0 bridgehead atoms. The van der Waals surface area contributed by atoms with Crippen LogP contribution in [-0.2, 0) is 0 Å². The van der Waals surface area contributed by atoms with Gasteiger partial charge >= 0.3 is 0 Å². The fourth-order valence-electron chi connectivity index (χ4n) is 4.47. The van der Waals surface area contributed by atoms with Crippen LogP contribution in [0.5, 0.6) is 0 Å². The monoisotopic (exact) mass is 506 g/mol. The molecule has 0 heterocycles. The Bertz CT molecular complexity index is 1590. The van der Waals surface area contributed by atoms with E-state index in [4.69, 9.17) is 0 Å². The highest BCUT2D eigenvalue weighted by molar-refractivity contribution is 14.1. The zero-order chi connectivity index (χ0) is 20.8. The zero-order valence-corrected chi connectivity index (χ0v) is 19.0. The minimum Gasteiger partial charge on any atom is -0.0616 e. The van der Waals surface area contributed by atoms with Gasteiger partial charge in [-0.3, -0.25) is 0 Å². The summed E-state index contributed by atoms with van der Waals surface area (Å²) in [5.41, 5.74) is 5.04. The average Bonchev–Trinajstić information content (AvgIpc) is 2.82. The van der Waals surface area contributed by atoms with Crippen molar-refractivity contribution in [3.8, 4) is 22.3 Å². The maximum Gasteiger partial charge on any atom is 0.0136 e. The topological polar surface area (TPSA) is 0 Å². The third kappa shape index (κ3) is 3.39. The predicted molar refractivity (Wildman–Crippen MR) is 143 cm³/mol. The lowest BCUT2D eigenvalue weighted by Crippen LogP contribution is -1.87. The summed E-state index contributed by atoms with van der Waals surface area (Å²) < 4.78 is 1.25. The standard InChI is InChI=1S/C30H19I/c31-28-13-14-29-27(18-28)17-26(24-11-9-20-5-1-3-7-22(20)15-24)19-30(29)25-12-10-21-6-2-4-8-23(21)16-25/h1-19H. The van der Waals surface area contributed by atoms with E-state index in [0.29, 0.717) is 0 Å². The van der Waals surface area contributed by atoms with E-state index in [1.807, 2.05) is 0 Å². The fourth-order valence-corrected chi connectivity index (χ4v) is 4.99. The summed E-state index contributed by atoms with van der Waals surface area (Å²) in [5.74, 6) is 0. The predicted octanol–water partition coefficient (Wildman–Crippen LogP) is 9.08. The molecule has 6 rings (SSSR count). The first-order valence-corrected chi connectivity index (χ1v) is 11.5. The van der Waals surface area contributed by atoms with Gasteiger partial charge in [-0.1, -0.05) is 78.9 Å². The Morgan fingerprint density at radius 2 is 0.968 bits per heavy atom. The number of benzene rings is 6. The van der Waals surface area contributed by atoms with Crippen molar-refractivity contribution in [1.29, 1.82) is 0 Å². The van der Waals surface area contributed by atoms with E-state index in [9.17, 15) is 0 Å². The van der Waals surface area contributed by atoms with Crippen molar-refractivity contribution in [2.45, 2.75) is 0 Å². The van der Waals surface area contributed by atoms with E-state index in [0.717, 1.165) is 0 Å². The van der Waals surface area contributed by atoms with Crippen molar-refractivity contribution in [3.05, 3.63) is 119 Å². The van der Waals surface area contributed by atoms with Gasteiger partial charge in [-0.2, -0.15) is 0 Å². The molecule has 0 amide bonds. The average molecular weight is 506 g/mol. The zero-order valence-electron chi connectivity index (χ0n) is 16.8. The maximum atomic E-state index is 2.40. The SMILES string of the molecule is Ic1ccc2c(-c3ccc4ccccc4c3)cc(-c3ccc4ccccc4c3)cc2c1. The molecule has 0 aliphatic heterocycles. The third-order valence-corrected chi connectivity index (χ3v) is 6.73. The van der Waals surface area contributed by atoms with Gasteiger partial charge in [0.1, 0.15) is 0 Å². The number of hydrogen-bond acceptors (Lipinski definition) is 0. The lowest BCUT2D eigenvalue weighted by molar-refractivity contribution is 1.63. The Kier molecular flexibility index (Phi) is 4.50. The lowest BCUT2D eigenvalue weighted by atomic mass is 9.91. The molecule has 0 aliphatic rings. The summed E-state index contributed by atoms with van der Waals surface area (Å²) in [6, 6.07) is 42.1. The van der Waals surface area contributed by atoms with Crippen LogP contribution in [0.15, 0.2) is 115 Å². The number of rotatable bonds is 2. The Morgan fingerprint density at radius 1 is 0.387 bits per heavy atom. The van der Waals surface area contributed by atoms with Crippen molar-refractivity contribution < 1.29 is 0 Å². The highest BCUT2D eigenvalue weighted by Gasteiger charge is 2.10. The summed E-state index contributed by atoms with van der Waals surface area (Å²) in [4.78, 5) is 0. The summed E-state index contributed by atoms with van der Waals surface area (Å²) in [5, 5.41) is 7.66. The molecule has 0 atom stereocenters. The van der Waals surface area contributed by atoms with Crippen LogP contribution in [0.25, 0.3) is 54.6 Å². The van der Waals surface area contributed by atoms with Crippen molar-refractivity contribution in [2.24, 2.45) is 0 Å². The first-order valence-electron chi connectivity index (χ1n) is 10.5. The Labute approximate surface area is 195 Å². The molecule has 0 unspecified atom stereocenters. The van der Waals surface area contributed by atoms with Crippen LogP contribution in [0.4, 0.5) is 0 Å². The Morgan fingerprint density at radius 3 is 1.68 bits per heavy atom. The summed E-state index contributed by atoms with van der Waals surface area (Å²) in [6.07, 6.45) is 0. The van der Waals surface area contributed by atoms with Crippen molar-refractivity contribution in [3.63, 3.8) is 0 Å². The Hall–Kier alpha value is -3.17. The molecule has 146 valence electrons. The normalized spacial score (nSPS) is 11.4. The van der Waals surface area contributed by atoms with Gasteiger partial charge in [-0.25, -0.2) is 0 Å². The molecule has 0 saturated carbocycles. The number of fused-ring (bicyclic) bond motifs is 3. The van der Waals surface area contributed by atoms with Gasteiger partial charge in [-0.15, -0.1) is 0 Å². The molecule has 0 radical (unpaired) electrons. The smallest absolute Gasteiger partial charge is 0.0136 e. The van der Waals surface area contributed by atoms with Crippen molar-refractivity contribution in [2.75, 3.05) is 0 Å². The van der Waals surface area contributed by atoms with E-state index in [2.05, 4.69) is 138 Å². The van der Waals surface area contributed by atoms with E-state index < -0.39 is 0 Å². The van der Waals surface area contributed by atoms with Crippen LogP contribution in [0.1, 0.15) is 0 Å². The molecule has 0 spiro atoms. The van der Waals surface area contributed by atoms with Gasteiger partial charge in [0.05, 0.1) is 0 Å². The summed E-state index contributed by atoms with van der Waals surface area (Å²) in [6.45, 7) is 0. The first-order chi connectivity index (χ1) is 15.2. The second-order valence-corrected chi connectivity index (χ2v) is 9.26. The molecular weight excluding hydrogens is 487 g/mol. The summed E-state index contributed by atoms with van der Waals surface area (Å²) >= 11 is 2.40. The van der Waals surface area contributed by atoms with Crippen LogP contribution in [0.2, 0.25) is 0 Å². The first kappa shape index (κ1) is 18.6. The van der Waals surface area contributed by atoms with Gasteiger partial charge in [0.25, 0.3) is 0 Å². The number of hydrogen-bond donors (Lipinski definition) is 0. The van der Waals surface area contributed by atoms with Crippen LogP contribution in [0, 0.1) is 3.57 Å². The molecule has 1 heteroatoms. The second kappa shape index (κ2) is 7.51. The van der Waals surface area contributed by atoms with Crippen LogP contribution in [-0.4, -0.2) is 0 Å². The highest BCUT2D eigenvalue weighted by Crippen LogP contribution is 2.36. The quantitative estimate of drug-likeness (QED) is 0.206. The molecule has 0 nitrogen and oxygen atoms in total. The highest BCUT2D eigenvalue weighted by atomic mass is 127. The number of halogens is 1. The maximum absolute atomic E-state index is 2.40. The van der Waals surface area contributed by atoms with E-state index in [-0.39, 0.29) is 0 Å². The minimum absolute atomic E-state index is 1.25. The van der Waals surface area contributed by atoms with Crippen molar-refractivity contribution in [1.82, 2.24) is 0 Å². The molecule has 0 aliphatic carbocycles. The van der Waals surface area contributed by atoms with Gasteiger partial charge in [-0.05, 0) is 114 Å². The molecule has 0 N–H and O–H groups in total. The van der Waals surface area contributed by atoms with Gasteiger partial charge < -0.3 is 0 Å². The molecule has 0 fully saturated rings. The molecule has 0 aromatic heterocycles. The van der Waals surface area contributed by atoms with Gasteiger partial charge in [0.2, 0.25) is 0 Å². The Balaban J connectivity index is 1.62. The van der Waals surface area contributed by atoms with Gasteiger partial charge in [0, 0.05) is 3.57 Å². The molecule has 0 saturated heterocycles. The molecule has 6 aromatic carbocycles. The second-order valence-electron chi connectivity index (χ2n) is 8.01. The minimum atomic E-state index is 1.25. The van der Waals surface area contributed by atoms with E-state index >= 15 is 0 Å². The lowest BCUT2D eigenvalue weighted by Gasteiger charge is -2.13. The van der Waals surface area contributed by atoms with Crippen LogP contribution in [0.3, 0.4) is 0 Å². The molecule has 6 aromatic rings. The van der Waals surface area contributed by atoms with E-state index in [1.54, 1.807) is 0 Å². The third-order valence-electron chi connectivity index (χ3n) is 6.06. The van der Waals surface area contributed by atoms with E-state index in [1.165, 1.54) is 58.1 Å². The van der Waals surface area contributed by atoms with Gasteiger partial charge in [0.15, 0.2) is 0 Å². The summed E-state index contributed by atoms with van der Waals surface area (Å²) in [7, 11) is 0. The van der Waals surface area contributed by atoms with Crippen LogP contribution >= 0.6 is 22.6 Å². The fraction of sp³-hybridized carbons (Fsp3) is 0. The molecule has 31 heavy (non-hydrogen) atoms. The largest absolute Gasteiger partial charge is 0.0616 e. The van der Waals surface area contributed by atoms with Crippen LogP contribution < -0.4 is 0 Å². The van der Waals surface area contributed by atoms with Crippen molar-refractivity contribution >= 4 is 54.9 Å².